The second-order valence-corrected chi connectivity index (χ2v) is 19.4. The van der Waals surface area contributed by atoms with Crippen molar-refractivity contribution in [2.75, 3.05) is 19.8 Å². The van der Waals surface area contributed by atoms with E-state index in [0.29, 0.717) is 6.42 Å². The van der Waals surface area contributed by atoms with E-state index >= 15 is 0 Å². The predicted molar refractivity (Wildman–Crippen MR) is 255 cm³/mol. The standard InChI is InChI=1S/C50H101N2O7P/c1-3-5-7-9-11-13-15-17-19-21-23-24-25-27-29-31-33-35-37-39-41-47(53)45-50(55)52-48(46-59-60(56,57)58-44-43-51)49(54)42-40-38-36-34-32-30-28-26-22-20-18-16-14-12-10-8-6-4-2/h40,42,47-49,53-54H,3-39,41,43-46,51H2,1-2H3,(H,52,55)(H,56,57)/b42-40+. The molecule has 60 heavy (non-hydrogen) atoms. The minimum absolute atomic E-state index is 0.0518. The molecule has 9 nitrogen and oxygen atoms in total. The number of phosphoric ester groups is 1. The fraction of sp³-hybridized carbons (Fsp3) is 0.940. The Kier molecular flexibility index (Phi) is 45.6. The Morgan fingerprint density at radius 1 is 0.567 bits per heavy atom. The molecular weight excluding hydrogens is 772 g/mol. The van der Waals surface area contributed by atoms with Crippen LogP contribution in [0.1, 0.15) is 264 Å². The maximum Gasteiger partial charge on any atom is 0.472 e. The summed E-state index contributed by atoms with van der Waals surface area (Å²) in [6, 6.07) is -0.978. The molecule has 358 valence electrons. The van der Waals surface area contributed by atoms with Crippen LogP contribution in [0.15, 0.2) is 12.2 Å². The first-order valence-electron chi connectivity index (χ1n) is 25.9. The number of nitrogens with one attached hydrogen (secondary N) is 1. The molecular formula is C50H101N2O7P. The monoisotopic (exact) mass is 873 g/mol. The molecule has 0 aliphatic rings. The van der Waals surface area contributed by atoms with Gasteiger partial charge in [-0.3, -0.25) is 13.8 Å². The molecule has 0 aromatic rings. The largest absolute Gasteiger partial charge is 0.472 e. The topological polar surface area (TPSA) is 151 Å². The van der Waals surface area contributed by atoms with Gasteiger partial charge in [0.25, 0.3) is 0 Å². The highest BCUT2D eigenvalue weighted by atomic mass is 31.2. The Hall–Kier alpha value is -0.800. The molecule has 0 radical (unpaired) electrons. The van der Waals surface area contributed by atoms with Crippen molar-refractivity contribution in [2.45, 2.75) is 283 Å². The van der Waals surface area contributed by atoms with Crippen molar-refractivity contribution in [3.63, 3.8) is 0 Å². The number of aliphatic hydroxyl groups excluding tert-OH is 2. The van der Waals surface area contributed by atoms with E-state index in [4.69, 9.17) is 14.8 Å². The summed E-state index contributed by atoms with van der Waals surface area (Å²) in [6.45, 7) is 4.02. The Balaban J connectivity index is 4.16. The third-order valence-electron chi connectivity index (χ3n) is 11.9. The molecule has 0 rings (SSSR count). The van der Waals surface area contributed by atoms with Gasteiger partial charge in [-0.1, -0.05) is 251 Å². The van der Waals surface area contributed by atoms with Crippen LogP contribution in [0.3, 0.4) is 0 Å². The van der Waals surface area contributed by atoms with Crippen LogP contribution in [0.5, 0.6) is 0 Å². The van der Waals surface area contributed by atoms with Crippen LogP contribution in [0.25, 0.3) is 0 Å². The first-order chi connectivity index (χ1) is 29.3. The highest BCUT2D eigenvalue weighted by molar-refractivity contribution is 7.47. The summed E-state index contributed by atoms with van der Waals surface area (Å²) in [4.78, 5) is 22.9. The summed E-state index contributed by atoms with van der Waals surface area (Å²) in [5, 5.41) is 24.2. The van der Waals surface area contributed by atoms with Crippen LogP contribution < -0.4 is 11.1 Å². The maximum atomic E-state index is 12.9. The van der Waals surface area contributed by atoms with Crippen molar-refractivity contribution < 1.29 is 33.5 Å². The Labute approximate surface area is 371 Å². The third-order valence-corrected chi connectivity index (χ3v) is 12.9. The molecule has 0 saturated heterocycles. The summed E-state index contributed by atoms with van der Waals surface area (Å²) in [6.07, 6.45) is 50.2. The zero-order valence-corrected chi connectivity index (χ0v) is 40.5. The SMILES string of the molecule is CCCCCCCCCCCCCCCCCC/C=C/C(O)C(COP(=O)(O)OCCN)NC(=O)CC(O)CCCCCCCCCCCCCCCCCCCCCC. The van der Waals surface area contributed by atoms with Gasteiger partial charge in [-0.15, -0.1) is 0 Å². The molecule has 0 saturated carbocycles. The Morgan fingerprint density at radius 2 is 0.917 bits per heavy atom. The number of allylic oxidation sites excluding steroid dienone is 1. The van der Waals surface area contributed by atoms with Crippen molar-refractivity contribution in [3.05, 3.63) is 12.2 Å². The van der Waals surface area contributed by atoms with Gasteiger partial charge in [-0.25, -0.2) is 4.57 Å². The molecule has 0 heterocycles. The zero-order chi connectivity index (χ0) is 44.0. The van der Waals surface area contributed by atoms with E-state index < -0.39 is 38.6 Å². The second kappa shape index (κ2) is 46.2. The lowest BCUT2D eigenvalue weighted by atomic mass is 10.0. The number of rotatable bonds is 49. The summed E-state index contributed by atoms with van der Waals surface area (Å²) < 4.78 is 22.2. The van der Waals surface area contributed by atoms with Crippen LogP contribution in [-0.4, -0.2) is 59.0 Å². The van der Waals surface area contributed by atoms with E-state index in [9.17, 15) is 24.5 Å². The van der Waals surface area contributed by atoms with Gasteiger partial charge in [0.1, 0.15) is 0 Å². The first kappa shape index (κ1) is 59.2. The van der Waals surface area contributed by atoms with E-state index in [2.05, 4.69) is 19.2 Å². The van der Waals surface area contributed by atoms with Crippen molar-refractivity contribution in [1.29, 1.82) is 0 Å². The fourth-order valence-electron chi connectivity index (χ4n) is 8.00. The van der Waals surface area contributed by atoms with Gasteiger partial charge in [-0.2, -0.15) is 0 Å². The average molecular weight is 873 g/mol. The van der Waals surface area contributed by atoms with Gasteiger partial charge in [0.05, 0.1) is 37.9 Å². The number of carbonyl (C=O) groups excluding carboxylic acids is 1. The van der Waals surface area contributed by atoms with Crippen molar-refractivity contribution in [3.8, 4) is 0 Å². The highest BCUT2D eigenvalue weighted by Gasteiger charge is 2.27. The molecule has 0 bridgehead atoms. The molecule has 0 fully saturated rings. The maximum absolute atomic E-state index is 12.9. The van der Waals surface area contributed by atoms with E-state index in [0.717, 1.165) is 38.5 Å². The summed E-state index contributed by atoms with van der Waals surface area (Å²) in [5.41, 5.74) is 5.38. The molecule has 4 unspecified atom stereocenters. The number of nitrogens with two attached hydrogens (primary N) is 1. The van der Waals surface area contributed by atoms with Gasteiger partial charge in [0, 0.05) is 6.54 Å². The first-order valence-corrected chi connectivity index (χ1v) is 27.4. The lowest BCUT2D eigenvalue weighted by molar-refractivity contribution is -0.124. The molecule has 0 aliphatic carbocycles. The number of aliphatic hydroxyl groups is 2. The molecule has 4 atom stereocenters. The highest BCUT2D eigenvalue weighted by Crippen LogP contribution is 2.43. The molecule has 10 heteroatoms. The molecule has 1 amide bonds. The molecule has 0 spiro atoms. The minimum atomic E-state index is -4.40. The molecule has 0 aromatic heterocycles. The van der Waals surface area contributed by atoms with Crippen molar-refractivity contribution >= 4 is 13.7 Å². The predicted octanol–water partition coefficient (Wildman–Crippen LogP) is 14.1. The van der Waals surface area contributed by atoms with Crippen LogP contribution in [0.2, 0.25) is 0 Å². The van der Waals surface area contributed by atoms with Gasteiger partial charge in [0.15, 0.2) is 0 Å². The minimum Gasteiger partial charge on any atom is -0.393 e. The van der Waals surface area contributed by atoms with Crippen LogP contribution in [-0.2, 0) is 18.4 Å². The Morgan fingerprint density at radius 3 is 1.28 bits per heavy atom. The van der Waals surface area contributed by atoms with E-state index in [1.165, 1.54) is 199 Å². The van der Waals surface area contributed by atoms with Gasteiger partial charge in [-0.05, 0) is 19.3 Å². The summed E-state index contributed by atoms with van der Waals surface area (Å²) in [5.74, 6) is -0.440. The van der Waals surface area contributed by atoms with Gasteiger partial charge >= 0.3 is 7.82 Å². The lowest BCUT2D eigenvalue weighted by Crippen LogP contribution is -2.46. The number of hydrogen-bond acceptors (Lipinski definition) is 7. The van der Waals surface area contributed by atoms with Crippen LogP contribution in [0, 0.1) is 0 Å². The van der Waals surface area contributed by atoms with Crippen LogP contribution >= 0.6 is 7.82 Å². The number of amides is 1. The van der Waals surface area contributed by atoms with Crippen LogP contribution in [0.4, 0.5) is 0 Å². The normalized spacial score (nSPS) is 14.4. The van der Waals surface area contributed by atoms with E-state index in [1.807, 2.05) is 6.08 Å². The number of carbonyl (C=O) groups is 1. The molecule has 0 aliphatic heterocycles. The number of phosphoric acid groups is 1. The summed E-state index contributed by atoms with van der Waals surface area (Å²) in [7, 11) is -4.40. The number of unbranched alkanes of at least 4 members (excludes halogenated alkanes) is 35. The van der Waals surface area contributed by atoms with Gasteiger partial charge < -0.3 is 26.2 Å². The quantitative estimate of drug-likeness (QED) is 0.0230. The fourth-order valence-corrected chi connectivity index (χ4v) is 8.76. The summed E-state index contributed by atoms with van der Waals surface area (Å²) >= 11 is 0. The number of hydrogen-bond donors (Lipinski definition) is 5. The lowest BCUT2D eigenvalue weighted by Gasteiger charge is -2.24. The van der Waals surface area contributed by atoms with E-state index in [1.54, 1.807) is 6.08 Å². The van der Waals surface area contributed by atoms with Crippen molar-refractivity contribution in [2.24, 2.45) is 5.73 Å². The zero-order valence-electron chi connectivity index (χ0n) is 39.6. The third kappa shape index (κ3) is 43.8. The van der Waals surface area contributed by atoms with Crippen molar-refractivity contribution in [1.82, 2.24) is 5.32 Å². The molecule has 6 N–H and O–H groups in total. The Bertz CT molecular complexity index is 971. The second-order valence-electron chi connectivity index (χ2n) is 17.9. The smallest absolute Gasteiger partial charge is 0.393 e. The van der Waals surface area contributed by atoms with Gasteiger partial charge in [0.2, 0.25) is 5.91 Å². The molecule has 0 aromatic carbocycles. The average Bonchev–Trinajstić information content (AvgIpc) is 3.23. The van der Waals surface area contributed by atoms with E-state index in [-0.39, 0.29) is 19.6 Å².